The molecule has 1 aromatic heterocycles. The number of anilines is 3. The van der Waals surface area contributed by atoms with Crippen LogP contribution in [0.15, 0.2) is 48.5 Å². The summed E-state index contributed by atoms with van der Waals surface area (Å²) in [5.74, 6) is 0.464. The summed E-state index contributed by atoms with van der Waals surface area (Å²) in [4.78, 5) is 12.2. The van der Waals surface area contributed by atoms with Crippen molar-refractivity contribution in [1.29, 1.82) is 0 Å². The van der Waals surface area contributed by atoms with E-state index in [9.17, 15) is 13.2 Å². The molecule has 3 rings (SSSR count). The van der Waals surface area contributed by atoms with Crippen LogP contribution in [0.2, 0.25) is 0 Å². The highest BCUT2D eigenvalue weighted by atomic mass is 19.4. The Morgan fingerprint density at radius 2 is 1.82 bits per heavy atom. The molecule has 0 bridgehead atoms. The molecule has 0 atom stereocenters. The lowest BCUT2D eigenvalue weighted by molar-refractivity contribution is -0.137. The van der Waals surface area contributed by atoms with Crippen LogP contribution >= 0.6 is 0 Å². The van der Waals surface area contributed by atoms with Gasteiger partial charge in [0.05, 0.1) is 5.56 Å². The number of nitrogens with two attached hydrogens (primary N) is 1. The van der Waals surface area contributed by atoms with Crippen LogP contribution in [0.5, 0.6) is 5.75 Å². The Kier molecular flexibility index (Phi) is 5.62. The van der Waals surface area contributed by atoms with E-state index in [1.165, 1.54) is 12.1 Å². The summed E-state index contributed by atoms with van der Waals surface area (Å²) in [6.07, 6.45) is -3.63. The smallest absolute Gasteiger partial charge is 0.416 e. The van der Waals surface area contributed by atoms with Gasteiger partial charge in [-0.15, -0.1) is 0 Å². The minimum atomic E-state index is -4.44. The molecule has 0 spiro atoms. The van der Waals surface area contributed by atoms with Crippen molar-refractivity contribution in [1.82, 2.24) is 15.0 Å². The highest BCUT2D eigenvalue weighted by Gasteiger charge is 2.30. The highest BCUT2D eigenvalue weighted by molar-refractivity contribution is 5.58. The maximum Gasteiger partial charge on any atom is 0.416 e. The summed E-state index contributed by atoms with van der Waals surface area (Å²) in [6, 6.07) is 12.3. The van der Waals surface area contributed by atoms with Gasteiger partial charge >= 0.3 is 6.18 Å². The number of ether oxygens (including phenoxy) is 1. The number of halogens is 3. The van der Waals surface area contributed by atoms with Gasteiger partial charge in [0.1, 0.15) is 12.4 Å². The van der Waals surface area contributed by atoms with Crippen molar-refractivity contribution in [3.8, 4) is 5.75 Å². The van der Waals surface area contributed by atoms with Gasteiger partial charge in [-0.2, -0.15) is 28.1 Å². The van der Waals surface area contributed by atoms with E-state index in [0.29, 0.717) is 0 Å². The van der Waals surface area contributed by atoms with Crippen molar-refractivity contribution >= 4 is 17.6 Å². The van der Waals surface area contributed by atoms with Crippen molar-refractivity contribution in [2.75, 3.05) is 11.1 Å². The van der Waals surface area contributed by atoms with Gasteiger partial charge in [-0.3, -0.25) is 0 Å². The second-order valence-corrected chi connectivity index (χ2v) is 5.88. The second-order valence-electron chi connectivity index (χ2n) is 5.88. The van der Waals surface area contributed by atoms with Crippen LogP contribution in [0, 0.1) is 0 Å². The average Bonchev–Trinajstić information content (AvgIpc) is 2.66. The summed E-state index contributed by atoms with van der Waals surface area (Å²) < 4.78 is 43.8. The van der Waals surface area contributed by atoms with Crippen LogP contribution in [0.1, 0.15) is 23.9 Å². The maximum absolute atomic E-state index is 12.8. The van der Waals surface area contributed by atoms with E-state index in [4.69, 9.17) is 10.5 Å². The molecule has 6 nitrogen and oxygen atoms in total. The molecule has 0 aliphatic carbocycles. The topological polar surface area (TPSA) is 86.0 Å². The highest BCUT2D eigenvalue weighted by Crippen LogP contribution is 2.31. The zero-order valence-corrected chi connectivity index (χ0v) is 15.0. The monoisotopic (exact) mass is 389 g/mol. The molecule has 9 heteroatoms. The number of nitrogen functional groups attached to an aromatic ring is 1. The van der Waals surface area contributed by atoms with Gasteiger partial charge in [0.25, 0.3) is 0 Å². The third-order valence-corrected chi connectivity index (χ3v) is 3.87. The zero-order chi connectivity index (χ0) is 20.1. The van der Waals surface area contributed by atoms with Crippen LogP contribution in [-0.4, -0.2) is 15.0 Å². The van der Waals surface area contributed by atoms with Gasteiger partial charge < -0.3 is 15.8 Å². The van der Waals surface area contributed by atoms with Crippen LogP contribution in [-0.2, 0) is 19.2 Å². The van der Waals surface area contributed by atoms with Gasteiger partial charge in [0.15, 0.2) is 5.82 Å². The lowest BCUT2D eigenvalue weighted by Gasteiger charge is -2.12. The fourth-order valence-electron chi connectivity index (χ4n) is 2.54. The third-order valence-electron chi connectivity index (χ3n) is 3.87. The number of nitrogens with zero attached hydrogens (tertiary/aromatic N) is 3. The minimum absolute atomic E-state index is 0.0193. The normalized spacial score (nSPS) is 11.3. The number of hydrogen-bond donors (Lipinski definition) is 2. The first-order valence-electron chi connectivity index (χ1n) is 8.50. The Labute approximate surface area is 159 Å². The Bertz CT molecular complexity index is 962. The molecule has 3 N–H and O–H groups in total. The molecule has 0 saturated heterocycles. The van der Waals surface area contributed by atoms with Crippen LogP contribution < -0.4 is 15.8 Å². The van der Waals surface area contributed by atoms with Crippen LogP contribution in [0.25, 0.3) is 0 Å². The van der Waals surface area contributed by atoms with Crippen LogP contribution in [0.3, 0.4) is 0 Å². The van der Waals surface area contributed by atoms with E-state index in [-0.39, 0.29) is 30.1 Å². The molecule has 0 aliphatic heterocycles. The van der Waals surface area contributed by atoms with E-state index >= 15 is 0 Å². The molecule has 0 unspecified atom stereocenters. The van der Waals surface area contributed by atoms with E-state index in [1.807, 2.05) is 31.2 Å². The number of hydrogen-bond acceptors (Lipinski definition) is 6. The lowest BCUT2D eigenvalue weighted by atomic mass is 10.1. The van der Waals surface area contributed by atoms with E-state index in [1.54, 1.807) is 0 Å². The number of para-hydroxylation sites is 1. The Hall–Kier alpha value is -3.36. The minimum Gasteiger partial charge on any atom is -0.486 e. The molecule has 28 heavy (non-hydrogen) atoms. The standard InChI is InChI=1S/C19H18F3N5O/c1-2-12-6-3-4-9-15(12)24-18-26-16(25-17(23)27-18)11-28-14-8-5-7-13(10-14)19(20,21)22/h3-10H,2,11H2,1H3,(H3,23,24,25,26,27). The third kappa shape index (κ3) is 4.87. The van der Waals surface area contributed by atoms with E-state index < -0.39 is 11.7 Å². The summed E-state index contributed by atoms with van der Waals surface area (Å²) >= 11 is 0. The Morgan fingerprint density at radius 3 is 2.57 bits per heavy atom. The summed E-state index contributed by atoms with van der Waals surface area (Å²) in [5.41, 5.74) is 6.84. The predicted octanol–water partition coefficient (Wildman–Crippen LogP) is 4.36. The van der Waals surface area contributed by atoms with Crippen LogP contribution in [0.4, 0.5) is 30.8 Å². The fourth-order valence-corrected chi connectivity index (χ4v) is 2.54. The van der Waals surface area contributed by atoms with Crippen molar-refractivity contribution in [3.63, 3.8) is 0 Å². The molecule has 3 aromatic rings. The van der Waals surface area contributed by atoms with Crippen molar-refractivity contribution < 1.29 is 17.9 Å². The molecule has 0 saturated carbocycles. The first kappa shape index (κ1) is 19.4. The average molecular weight is 389 g/mol. The number of alkyl halides is 3. The SMILES string of the molecule is CCc1ccccc1Nc1nc(N)nc(COc2cccc(C(F)(F)F)c2)n1. The number of rotatable bonds is 6. The maximum atomic E-state index is 12.8. The largest absolute Gasteiger partial charge is 0.486 e. The molecule has 2 aromatic carbocycles. The molecule has 0 aliphatic rings. The van der Waals surface area contributed by atoms with Gasteiger partial charge in [-0.1, -0.05) is 31.2 Å². The molecular formula is C19H18F3N5O. The van der Waals surface area contributed by atoms with Gasteiger partial charge in [-0.25, -0.2) is 0 Å². The molecule has 0 fully saturated rings. The summed E-state index contributed by atoms with van der Waals surface area (Å²) in [7, 11) is 0. The van der Waals surface area contributed by atoms with E-state index in [2.05, 4.69) is 20.3 Å². The van der Waals surface area contributed by atoms with Gasteiger partial charge in [-0.05, 0) is 36.2 Å². The van der Waals surface area contributed by atoms with Gasteiger partial charge in [0.2, 0.25) is 11.9 Å². The molecule has 1 heterocycles. The molecule has 0 radical (unpaired) electrons. The number of aromatic nitrogens is 3. The molecule has 0 amide bonds. The lowest BCUT2D eigenvalue weighted by Crippen LogP contribution is -2.10. The van der Waals surface area contributed by atoms with E-state index in [0.717, 1.165) is 29.8 Å². The second kappa shape index (κ2) is 8.12. The summed E-state index contributed by atoms with van der Waals surface area (Å²) in [5, 5.41) is 3.09. The summed E-state index contributed by atoms with van der Waals surface area (Å²) in [6.45, 7) is 1.87. The number of benzene rings is 2. The van der Waals surface area contributed by atoms with Crippen molar-refractivity contribution in [2.24, 2.45) is 0 Å². The Balaban J connectivity index is 1.75. The number of aryl methyl sites for hydroxylation is 1. The number of nitrogens with one attached hydrogen (secondary N) is 1. The van der Waals surface area contributed by atoms with Crippen molar-refractivity contribution in [3.05, 3.63) is 65.5 Å². The quantitative estimate of drug-likeness (QED) is 0.652. The first-order valence-corrected chi connectivity index (χ1v) is 8.50. The first-order chi connectivity index (χ1) is 13.3. The fraction of sp³-hybridized carbons (Fsp3) is 0.211. The Morgan fingerprint density at radius 1 is 1.04 bits per heavy atom. The molecule has 146 valence electrons. The van der Waals surface area contributed by atoms with Gasteiger partial charge in [0, 0.05) is 5.69 Å². The predicted molar refractivity (Wildman–Crippen MR) is 99.1 cm³/mol. The zero-order valence-electron chi connectivity index (χ0n) is 15.0. The molecular weight excluding hydrogens is 371 g/mol. The van der Waals surface area contributed by atoms with Crippen molar-refractivity contribution in [2.45, 2.75) is 26.1 Å².